The number of ether oxygens (including phenoxy) is 3. The summed E-state index contributed by atoms with van der Waals surface area (Å²) in [6.07, 6.45) is 4.73. The van der Waals surface area contributed by atoms with Crippen molar-refractivity contribution in [3.8, 4) is 11.5 Å². The van der Waals surface area contributed by atoms with Gasteiger partial charge in [-0.1, -0.05) is 12.2 Å². The van der Waals surface area contributed by atoms with Gasteiger partial charge >= 0.3 is 5.97 Å². The Labute approximate surface area is 162 Å². The van der Waals surface area contributed by atoms with Crippen molar-refractivity contribution >= 4 is 23.6 Å². The number of benzene rings is 1. The molecule has 1 saturated heterocycles. The quantitative estimate of drug-likeness (QED) is 0.302. The predicted molar refractivity (Wildman–Crippen MR) is 96.9 cm³/mol. The molecule has 1 aliphatic heterocycles. The number of ketones is 1. The number of hydrogen-bond donors (Lipinski definition) is 0. The Balaban J connectivity index is 1.58. The average molecular weight is 387 g/mol. The SMILES string of the molecule is COc1ccc(C(=O)COC(=O)CN2C(=O)[C@@H]3CC=CC[C@H]3C2=O)c(OC)c1. The number of allylic oxidation sites excluding steroid dienone is 2. The van der Waals surface area contributed by atoms with Crippen LogP contribution in [0, 0.1) is 11.8 Å². The highest BCUT2D eigenvalue weighted by molar-refractivity contribution is 6.07. The second-order valence-corrected chi connectivity index (χ2v) is 6.57. The highest BCUT2D eigenvalue weighted by Gasteiger charge is 2.47. The van der Waals surface area contributed by atoms with Crippen LogP contribution in [0.15, 0.2) is 30.4 Å². The Kier molecular flexibility index (Phi) is 5.77. The third-order valence-electron chi connectivity index (χ3n) is 4.96. The third kappa shape index (κ3) is 3.76. The zero-order chi connectivity index (χ0) is 20.3. The first-order chi connectivity index (χ1) is 13.5. The van der Waals surface area contributed by atoms with Gasteiger partial charge in [0.15, 0.2) is 6.61 Å². The van der Waals surface area contributed by atoms with Gasteiger partial charge in [0.1, 0.15) is 18.0 Å². The molecule has 1 aromatic rings. The minimum atomic E-state index is -0.811. The van der Waals surface area contributed by atoms with Gasteiger partial charge in [-0.25, -0.2) is 0 Å². The van der Waals surface area contributed by atoms with Crippen LogP contribution in [0.4, 0.5) is 0 Å². The first-order valence-electron chi connectivity index (χ1n) is 8.87. The van der Waals surface area contributed by atoms with Gasteiger partial charge in [-0.05, 0) is 25.0 Å². The summed E-state index contributed by atoms with van der Waals surface area (Å²) in [6.45, 7) is -1.01. The summed E-state index contributed by atoms with van der Waals surface area (Å²) in [6, 6.07) is 4.65. The van der Waals surface area contributed by atoms with Gasteiger partial charge < -0.3 is 14.2 Å². The normalized spacial score (nSPS) is 20.7. The van der Waals surface area contributed by atoms with E-state index in [1.54, 1.807) is 12.1 Å². The zero-order valence-corrected chi connectivity index (χ0v) is 15.7. The minimum Gasteiger partial charge on any atom is -0.497 e. The molecule has 1 heterocycles. The number of rotatable bonds is 7. The fraction of sp³-hybridized carbons (Fsp3) is 0.400. The lowest BCUT2D eigenvalue weighted by Crippen LogP contribution is -2.37. The third-order valence-corrected chi connectivity index (χ3v) is 4.96. The van der Waals surface area contributed by atoms with Gasteiger partial charge in [0.2, 0.25) is 17.6 Å². The van der Waals surface area contributed by atoms with Crippen molar-refractivity contribution in [2.75, 3.05) is 27.4 Å². The van der Waals surface area contributed by atoms with Gasteiger partial charge in [0.25, 0.3) is 0 Å². The molecule has 148 valence electrons. The Hall–Kier alpha value is -3.16. The van der Waals surface area contributed by atoms with Gasteiger partial charge in [-0.3, -0.25) is 24.1 Å². The van der Waals surface area contributed by atoms with E-state index < -0.39 is 36.7 Å². The van der Waals surface area contributed by atoms with E-state index in [1.165, 1.54) is 20.3 Å². The maximum Gasteiger partial charge on any atom is 0.326 e. The number of Topliss-reactive ketones (excluding diaryl/α,β-unsaturated/α-hetero) is 1. The number of carbonyl (C=O) groups is 4. The standard InChI is InChI=1S/C20H21NO7/c1-26-12-7-8-15(17(9-12)27-2)16(22)11-28-18(23)10-21-19(24)13-5-3-4-6-14(13)20(21)25/h3-4,7-9,13-14H,5-6,10-11H2,1-2H3/t13-,14-/m1/s1. The van der Waals surface area contributed by atoms with Crippen LogP contribution in [0.5, 0.6) is 11.5 Å². The van der Waals surface area contributed by atoms with E-state index in [4.69, 9.17) is 14.2 Å². The van der Waals surface area contributed by atoms with Crippen molar-refractivity contribution < 1.29 is 33.4 Å². The van der Waals surface area contributed by atoms with E-state index in [2.05, 4.69) is 0 Å². The Morgan fingerprint density at radius 2 is 1.68 bits per heavy atom. The molecule has 8 nitrogen and oxygen atoms in total. The fourth-order valence-corrected chi connectivity index (χ4v) is 3.45. The molecule has 3 rings (SSSR count). The molecule has 1 aliphatic carbocycles. The van der Waals surface area contributed by atoms with Crippen LogP contribution in [-0.4, -0.2) is 55.8 Å². The minimum absolute atomic E-state index is 0.238. The first kappa shape index (κ1) is 19.6. The number of imide groups is 1. The Morgan fingerprint density at radius 1 is 1.04 bits per heavy atom. The zero-order valence-electron chi connectivity index (χ0n) is 15.7. The molecule has 0 radical (unpaired) electrons. The van der Waals surface area contributed by atoms with Gasteiger partial charge in [0.05, 0.1) is 31.6 Å². The predicted octanol–water partition coefficient (Wildman–Crippen LogP) is 1.38. The van der Waals surface area contributed by atoms with Crippen LogP contribution in [0.1, 0.15) is 23.2 Å². The van der Waals surface area contributed by atoms with Crippen molar-refractivity contribution in [2.24, 2.45) is 11.8 Å². The number of amides is 2. The molecule has 0 bridgehead atoms. The van der Waals surface area contributed by atoms with Crippen LogP contribution in [-0.2, 0) is 19.1 Å². The summed E-state index contributed by atoms with van der Waals surface area (Å²) in [5.41, 5.74) is 0.238. The van der Waals surface area contributed by atoms with Crippen molar-refractivity contribution in [3.05, 3.63) is 35.9 Å². The molecule has 0 saturated carbocycles. The van der Waals surface area contributed by atoms with E-state index in [-0.39, 0.29) is 17.4 Å². The number of carbonyl (C=O) groups excluding carboxylic acids is 4. The maximum atomic E-state index is 12.4. The first-order valence-corrected chi connectivity index (χ1v) is 8.87. The lowest BCUT2D eigenvalue weighted by atomic mass is 9.85. The lowest BCUT2D eigenvalue weighted by Gasteiger charge is -2.14. The van der Waals surface area contributed by atoms with Crippen molar-refractivity contribution in [2.45, 2.75) is 12.8 Å². The molecule has 2 atom stereocenters. The summed E-state index contributed by atoms with van der Waals surface area (Å²) < 4.78 is 15.2. The molecule has 0 spiro atoms. The van der Waals surface area contributed by atoms with Crippen molar-refractivity contribution in [1.29, 1.82) is 0 Å². The Bertz CT molecular complexity index is 819. The smallest absolute Gasteiger partial charge is 0.326 e. The number of hydrogen-bond acceptors (Lipinski definition) is 7. The van der Waals surface area contributed by atoms with Gasteiger partial charge in [-0.15, -0.1) is 0 Å². The lowest BCUT2D eigenvalue weighted by molar-refractivity contribution is -0.152. The van der Waals surface area contributed by atoms with Crippen LogP contribution < -0.4 is 9.47 Å². The number of nitrogens with zero attached hydrogens (tertiary/aromatic N) is 1. The van der Waals surface area contributed by atoms with Crippen molar-refractivity contribution in [1.82, 2.24) is 4.90 Å². The molecule has 28 heavy (non-hydrogen) atoms. The van der Waals surface area contributed by atoms with Crippen LogP contribution in [0.2, 0.25) is 0 Å². The van der Waals surface area contributed by atoms with E-state index in [0.717, 1.165) is 4.90 Å². The summed E-state index contributed by atoms with van der Waals surface area (Å²) in [5.74, 6) is -2.00. The second kappa shape index (κ2) is 8.24. The number of fused-ring (bicyclic) bond motifs is 1. The second-order valence-electron chi connectivity index (χ2n) is 6.57. The Morgan fingerprint density at radius 3 is 2.25 bits per heavy atom. The van der Waals surface area contributed by atoms with Gasteiger partial charge in [-0.2, -0.15) is 0 Å². The highest BCUT2D eigenvalue weighted by Crippen LogP contribution is 2.34. The van der Waals surface area contributed by atoms with Crippen LogP contribution in [0.25, 0.3) is 0 Å². The fourth-order valence-electron chi connectivity index (χ4n) is 3.45. The number of esters is 1. The van der Waals surface area contributed by atoms with Gasteiger partial charge in [0, 0.05) is 6.07 Å². The molecule has 1 aromatic carbocycles. The largest absolute Gasteiger partial charge is 0.497 e. The number of methoxy groups -OCH3 is 2. The molecule has 2 aliphatic rings. The van der Waals surface area contributed by atoms with E-state index in [9.17, 15) is 19.2 Å². The van der Waals surface area contributed by atoms with Crippen LogP contribution in [0.3, 0.4) is 0 Å². The molecule has 0 N–H and O–H groups in total. The molecule has 2 amide bonds. The molecule has 8 heteroatoms. The summed E-state index contributed by atoms with van der Waals surface area (Å²) >= 11 is 0. The molecule has 0 aromatic heterocycles. The van der Waals surface area contributed by atoms with E-state index in [1.807, 2.05) is 12.2 Å². The van der Waals surface area contributed by atoms with Crippen molar-refractivity contribution in [3.63, 3.8) is 0 Å². The van der Waals surface area contributed by atoms with E-state index in [0.29, 0.717) is 24.3 Å². The molecular weight excluding hydrogens is 366 g/mol. The van der Waals surface area contributed by atoms with Crippen LogP contribution >= 0.6 is 0 Å². The molecule has 1 fully saturated rings. The summed E-state index contributed by atoms with van der Waals surface area (Å²) in [4.78, 5) is 50.1. The number of likely N-dealkylation sites (tertiary alicyclic amines) is 1. The molecular formula is C20H21NO7. The highest BCUT2D eigenvalue weighted by atomic mass is 16.5. The van der Waals surface area contributed by atoms with E-state index >= 15 is 0 Å². The maximum absolute atomic E-state index is 12.4. The molecule has 0 unspecified atom stereocenters. The monoisotopic (exact) mass is 387 g/mol. The summed E-state index contributed by atoms with van der Waals surface area (Å²) in [5, 5.41) is 0. The summed E-state index contributed by atoms with van der Waals surface area (Å²) in [7, 11) is 2.90. The average Bonchev–Trinajstić information content (AvgIpc) is 2.96. The topological polar surface area (TPSA) is 99.2 Å².